The summed E-state index contributed by atoms with van der Waals surface area (Å²) in [5.74, 6) is -0.360. The summed E-state index contributed by atoms with van der Waals surface area (Å²) in [4.78, 5) is 2.42. The maximum absolute atomic E-state index is 5.87. The molecule has 23 heavy (non-hydrogen) atoms. The van der Waals surface area contributed by atoms with E-state index in [9.17, 15) is 0 Å². The van der Waals surface area contributed by atoms with Crippen molar-refractivity contribution in [1.82, 2.24) is 14.7 Å². The fraction of sp³-hybridized carbons (Fsp3) is 0.500. The number of likely N-dealkylation sites (tertiary alicyclic amines) is 1. The van der Waals surface area contributed by atoms with Crippen molar-refractivity contribution in [3.63, 3.8) is 0 Å². The van der Waals surface area contributed by atoms with Crippen molar-refractivity contribution < 1.29 is 9.47 Å². The van der Waals surface area contributed by atoms with Gasteiger partial charge in [0.25, 0.3) is 0 Å². The van der Waals surface area contributed by atoms with Crippen LogP contribution in [0.1, 0.15) is 24.1 Å². The zero-order chi connectivity index (χ0) is 15.7. The van der Waals surface area contributed by atoms with Gasteiger partial charge in [-0.3, -0.25) is 4.90 Å². The van der Waals surface area contributed by atoms with Crippen LogP contribution in [0, 0.1) is 6.92 Å². The predicted molar refractivity (Wildman–Crippen MR) is 87.4 cm³/mol. The Balaban J connectivity index is 1.49. The molecule has 1 spiro atoms. The molecule has 0 atom stereocenters. The van der Waals surface area contributed by atoms with E-state index in [2.05, 4.69) is 35.3 Å². The Kier molecular flexibility index (Phi) is 3.93. The highest BCUT2D eigenvalue weighted by atomic mass is 16.7. The second-order valence-electron chi connectivity index (χ2n) is 6.44. The van der Waals surface area contributed by atoms with E-state index in [1.165, 1.54) is 5.56 Å². The third-order valence-electron chi connectivity index (χ3n) is 4.73. The molecule has 0 unspecified atom stereocenters. The van der Waals surface area contributed by atoms with Crippen LogP contribution in [-0.4, -0.2) is 46.8 Å². The Morgan fingerprint density at radius 1 is 1.17 bits per heavy atom. The summed E-state index contributed by atoms with van der Waals surface area (Å²) in [5.41, 5.74) is 3.45. The first kappa shape index (κ1) is 14.9. The smallest absolute Gasteiger partial charge is 0.181 e. The van der Waals surface area contributed by atoms with Crippen LogP contribution in [0.3, 0.4) is 0 Å². The molecule has 1 aromatic heterocycles. The standard InChI is InChI=1S/C18H23N3O2/c1-15-16(13-21(19-15)17-6-3-2-4-7-17)12-20-9-5-8-18(14-20)22-10-11-23-18/h2-4,6-7,13H,5,8-12,14H2,1H3. The number of hydrogen-bond acceptors (Lipinski definition) is 4. The number of aryl methyl sites for hydroxylation is 1. The summed E-state index contributed by atoms with van der Waals surface area (Å²) < 4.78 is 13.7. The SMILES string of the molecule is Cc1nn(-c2ccccc2)cc1CN1CCCC2(C1)OCCO2. The molecule has 2 aromatic rings. The van der Waals surface area contributed by atoms with Gasteiger partial charge in [0.15, 0.2) is 5.79 Å². The van der Waals surface area contributed by atoms with Gasteiger partial charge < -0.3 is 9.47 Å². The van der Waals surface area contributed by atoms with Gasteiger partial charge in [-0.05, 0) is 32.0 Å². The molecule has 1 aromatic carbocycles. The van der Waals surface area contributed by atoms with Gasteiger partial charge in [0.1, 0.15) is 0 Å². The summed E-state index contributed by atoms with van der Waals surface area (Å²) in [5, 5.41) is 4.66. The van der Waals surface area contributed by atoms with Crippen LogP contribution in [0.2, 0.25) is 0 Å². The molecule has 2 fully saturated rings. The van der Waals surface area contributed by atoms with Gasteiger partial charge in [-0.15, -0.1) is 0 Å². The zero-order valence-corrected chi connectivity index (χ0v) is 13.6. The van der Waals surface area contributed by atoms with Crippen molar-refractivity contribution in [2.75, 3.05) is 26.3 Å². The highest BCUT2D eigenvalue weighted by Crippen LogP contribution is 2.31. The quantitative estimate of drug-likeness (QED) is 0.873. The lowest BCUT2D eigenvalue weighted by molar-refractivity contribution is -0.190. The van der Waals surface area contributed by atoms with Crippen LogP contribution in [0.25, 0.3) is 5.69 Å². The number of piperidine rings is 1. The van der Waals surface area contributed by atoms with Gasteiger partial charge in [0.05, 0.1) is 31.1 Å². The van der Waals surface area contributed by atoms with Gasteiger partial charge in [0.2, 0.25) is 0 Å². The van der Waals surface area contributed by atoms with Gasteiger partial charge in [-0.1, -0.05) is 18.2 Å². The fourth-order valence-corrected chi connectivity index (χ4v) is 3.54. The van der Waals surface area contributed by atoms with Gasteiger partial charge in [-0.25, -0.2) is 4.68 Å². The van der Waals surface area contributed by atoms with Crippen molar-refractivity contribution in [2.24, 2.45) is 0 Å². The minimum atomic E-state index is -0.360. The highest BCUT2D eigenvalue weighted by Gasteiger charge is 2.40. The average Bonchev–Trinajstić information content (AvgIpc) is 3.16. The van der Waals surface area contributed by atoms with Crippen molar-refractivity contribution in [2.45, 2.75) is 32.1 Å². The molecule has 0 N–H and O–H groups in total. The largest absolute Gasteiger partial charge is 0.346 e. The third-order valence-corrected chi connectivity index (χ3v) is 4.73. The Labute approximate surface area is 136 Å². The summed E-state index contributed by atoms with van der Waals surface area (Å²) >= 11 is 0. The monoisotopic (exact) mass is 313 g/mol. The topological polar surface area (TPSA) is 39.5 Å². The van der Waals surface area contributed by atoms with Gasteiger partial charge in [0, 0.05) is 24.7 Å². The number of ether oxygens (including phenoxy) is 2. The van der Waals surface area contributed by atoms with E-state index >= 15 is 0 Å². The lowest BCUT2D eigenvalue weighted by atomic mass is 10.0. The van der Waals surface area contributed by atoms with Crippen molar-refractivity contribution >= 4 is 0 Å². The van der Waals surface area contributed by atoms with Crippen LogP contribution >= 0.6 is 0 Å². The Morgan fingerprint density at radius 2 is 1.96 bits per heavy atom. The Bertz CT molecular complexity index is 662. The second-order valence-corrected chi connectivity index (χ2v) is 6.44. The number of hydrogen-bond donors (Lipinski definition) is 0. The molecule has 3 heterocycles. The number of benzene rings is 1. The molecule has 0 amide bonds. The summed E-state index contributed by atoms with van der Waals surface area (Å²) in [6, 6.07) is 10.2. The van der Waals surface area contributed by atoms with E-state index in [4.69, 9.17) is 9.47 Å². The lowest BCUT2D eigenvalue weighted by Gasteiger charge is -2.38. The number of nitrogens with zero attached hydrogens (tertiary/aromatic N) is 3. The van der Waals surface area contributed by atoms with Crippen molar-refractivity contribution in [1.29, 1.82) is 0 Å². The molecule has 5 nitrogen and oxygen atoms in total. The lowest BCUT2D eigenvalue weighted by Crippen LogP contribution is -2.48. The highest BCUT2D eigenvalue weighted by molar-refractivity contribution is 5.32. The van der Waals surface area contributed by atoms with Crippen molar-refractivity contribution in [3.05, 3.63) is 47.8 Å². The minimum absolute atomic E-state index is 0.360. The van der Waals surface area contributed by atoms with Crippen LogP contribution in [0.5, 0.6) is 0 Å². The van der Waals surface area contributed by atoms with Crippen molar-refractivity contribution in [3.8, 4) is 5.69 Å². The molecule has 0 saturated carbocycles. The molecule has 0 aliphatic carbocycles. The molecule has 4 rings (SSSR count). The predicted octanol–water partition coefficient (Wildman–Crippen LogP) is 2.52. The zero-order valence-electron chi connectivity index (χ0n) is 13.6. The van der Waals surface area contributed by atoms with E-state index in [0.717, 1.165) is 57.1 Å². The molecule has 122 valence electrons. The molecular weight excluding hydrogens is 290 g/mol. The summed E-state index contributed by atoms with van der Waals surface area (Å²) in [6.45, 7) is 6.36. The second kappa shape index (κ2) is 6.07. The molecule has 2 saturated heterocycles. The molecule has 5 heteroatoms. The number of para-hydroxylation sites is 1. The van der Waals surface area contributed by atoms with E-state index < -0.39 is 0 Å². The maximum atomic E-state index is 5.87. The number of rotatable bonds is 3. The molecule has 2 aliphatic rings. The first-order valence-electron chi connectivity index (χ1n) is 8.35. The maximum Gasteiger partial charge on any atom is 0.181 e. The Hall–Kier alpha value is -1.69. The summed E-state index contributed by atoms with van der Waals surface area (Å²) in [6.07, 6.45) is 4.26. The number of aromatic nitrogens is 2. The first-order chi connectivity index (χ1) is 11.2. The first-order valence-corrected chi connectivity index (χ1v) is 8.35. The van der Waals surface area contributed by atoms with E-state index in [-0.39, 0.29) is 5.79 Å². The molecular formula is C18H23N3O2. The van der Waals surface area contributed by atoms with Crippen LogP contribution < -0.4 is 0 Å². The van der Waals surface area contributed by atoms with Crippen LogP contribution in [0.4, 0.5) is 0 Å². The summed E-state index contributed by atoms with van der Waals surface area (Å²) in [7, 11) is 0. The fourth-order valence-electron chi connectivity index (χ4n) is 3.54. The molecule has 0 radical (unpaired) electrons. The van der Waals surface area contributed by atoms with Crippen LogP contribution in [0.15, 0.2) is 36.5 Å². The van der Waals surface area contributed by atoms with Gasteiger partial charge >= 0.3 is 0 Å². The van der Waals surface area contributed by atoms with E-state index in [1.54, 1.807) is 0 Å². The molecule has 0 bridgehead atoms. The van der Waals surface area contributed by atoms with E-state index in [1.807, 2.05) is 22.9 Å². The molecule has 2 aliphatic heterocycles. The third kappa shape index (κ3) is 3.04. The van der Waals surface area contributed by atoms with E-state index in [0.29, 0.717) is 0 Å². The minimum Gasteiger partial charge on any atom is -0.346 e. The Morgan fingerprint density at radius 3 is 2.74 bits per heavy atom. The average molecular weight is 313 g/mol. The van der Waals surface area contributed by atoms with Gasteiger partial charge in [-0.2, -0.15) is 5.10 Å². The normalized spacial score (nSPS) is 21.1. The van der Waals surface area contributed by atoms with Crippen LogP contribution in [-0.2, 0) is 16.0 Å².